The van der Waals surface area contributed by atoms with Crippen LogP contribution in [0.2, 0.25) is 0 Å². The Morgan fingerprint density at radius 3 is 2.45 bits per heavy atom. The zero-order chi connectivity index (χ0) is 14.1. The summed E-state index contributed by atoms with van der Waals surface area (Å²) in [6, 6.07) is 11.7. The molecule has 20 heavy (non-hydrogen) atoms. The first-order chi connectivity index (χ1) is 9.67. The monoisotopic (exact) mass is 273 g/mol. The van der Waals surface area contributed by atoms with E-state index < -0.39 is 0 Å². The normalized spacial score (nSPS) is 21.6. The predicted octanol–water partition coefficient (Wildman–Crippen LogP) is 3.98. The molecule has 0 saturated heterocycles. The first-order valence-corrected chi connectivity index (χ1v) is 6.97. The maximum atomic E-state index is 13.5. The van der Waals surface area contributed by atoms with Crippen LogP contribution in [0, 0.1) is 11.6 Å². The van der Waals surface area contributed by atoms with Gasteiger partial charge in [0.05, 0.1) is 6.04 Å². The van der Waals surface area contributed by atoms with E-state index in [4.69, 9.17) is 0 Å². The van der Waals surface area contributed by atoms with Gasteiger partial charge < -0.3 is 5.32 Å². The van der Waals surface area contributed by atoms with Gasteiger partial charge in [-0.05, 0) is 53.8 Å². The molecule has 0 saturated carbocycles. The van der Waals surface area contributed by atoms with E-state index in [2.05, 4.69) is 12.2 Å². The molecular weight excluding hydrogens is 256 g/mol. The van der Waals surface area contributed by atoms with Crippen molar-refractivity contribution >= 4 is 0 Å². The summed E-state index contributed by atoms with van der Waals surface area (Å²) in [7, 11) is 0. The molecule has 0 amide bonds. The van der Waals surface area contributed by atoms with Crippen LogP contribution in [0.3, 0.4) is 0 Å². The summed E-state index contributed by atoms with van der Waals surface area (Å²) >= 11 is 0. The van der Waals surface area contributed by atoms with Crippen LogP contribution >= 0.6 is 0 Å². The zero-order valence-corrected chi connectivity index (χ0v) is 11.4. The van der Waals surface area contributed by atoms with Crippen LogP contribution < -0.4 is 5.32 Å². The van der Waals surface area contributed by atoms with E-state index in [0.717, 1.165) is 24.0 Å². The maximum Gasteiger partial charge on any atom is 0.123 e. The van der Waals surface area contributed by atoms with Crippen LogP contribution in [-0.4, -0.2) is 6.04 Å². The lowest BCUT2D eigenvalue weighted by atomic mass is 9.86. The predicted molar refractivity (Wildman–Crippen MR) is 75.6 cm³/mol. The number of benzene rings is 2. The molecule has 1 nitrogen and oxygen atoms in total. The number of hydrogen-bond donors (Lipinski definition) is 1. The molecule has 1 aliphatic rings. The average Bonchev–Trinajstić information content (AvgIpc) is 2.47. The Morgan fingerprint density at radius 1 is 1.05 bits per heavy atom. The molecule has 0 bridgehead atoms. The van der Waals surface area contributed by atoms with Crippen molar-refractivity contribution in [1.29, 1.82) is 0 Å². The van der Waals surface area contributed by atoms with Crippen LogP contribution in [-0.2, 0) is 6.42 Å². The topological polar surface area (TPSA) is 12.0 Å². The molecule has 0 aliphatic carbocycles. The minimum Gasteiger partial charge on any atom is -0.303 e. The van der Waals surface area contributed by atoms with E-state index >= 15 is 0 Å². The molecule has 2 aromatic carbocycles. The van der Waals surface area contributed by atoms with Crippen molar-refractivity contribution in [3.63, 3.8) is 0 Å². The summed E-state index contributed by atoms with van der Waals surface area (Å²) in [5.74, 6) is -0.483. The first kappa shape index (κ1) is 13.3. The smallest absolute Gasteiger partial charge is 0.123 e. The standard InChI is InChI=1S/C17H17F2N/c1-2-15-9-12-5-8-14(19)10-16(12)17(20-15)11-3-6-13(18)7-4-11/h3-8,10,15,17,20H,2,9H2,1H3. The van der Waals surface area contributed by atoms with E-state index in [9.17, 15) is 8.78 Å². The number of hydrogen-bond acceptors (Lipinski definition) is 1. The van der Waals surface area contributed by atoms with Gasteiger partial charge in [0.1, 0.15) is 11.6 Å². The van der Waals surface area contributed by atoms with Gasteiger partial charge in [-0.15, -0.1) is 0 Å². The van der Waals surface area contributed by atoms with E-state index in [1.54, 1.807) is 18.2 Å². The third-order valence-corrected chi connectivity index (χ3v) is 3.98. The number of rotatable bonds is 2. The Balaban J connectivity index is 2.05. The highest BCUT2D eigenvalue weighted by atomic mass is 19.1. The fourth-order valence-corrected chi connectivity index (χ4v) is 2.86. The molecule has 2 aromatic rings. The molecule has 0 spiro atoms. The van der Waals surface area contributed by atoms with Crippen molar-refractivity contribution in [3.8, 4) is 0 Å². The fraction of sp³-hybridized carbons (Fsp3) is 0.294. The summed E-state index contributed by atoms with van der Waals surface area (Å²) in [6.45, 7) is 2.13. The van der Waals surface area contributed by atoms with Gasteiger partial charge in [0.15, 0.2) is 0 Å². The molecule has 1 N–H and O–H groups in total. The quantitative estimate of drug-likeness (QED) is 0.872. The van der Waals surface area contributed by atoms with Gasteiger partial charge in [-0.1, -0.05) is 25.1 Å². The Labute approximate surface area is 117 Å². The highest BCUT2D eigenvalue weighted by Gasteiger charge is 2.26. The highest BCUT2D eigenvalue weighted by molar-refractivity contribution is 5.40. The summed E-state index contributed by atoms with van der Waals surface area (Å²) in [5.41, 5.74) is 3.10. The van der Waals surface area contributed by atoms with Gasteiger partial charge in [0.2, 0.25) is 0 Å². The second-order valence-corrected chi connectivity index (χ2v) is 5.30. The molecule has 3 heteroatoms. The van der Waals surface area contributed by atoms with Gasteiger partial charge in [-0.25, -0.2) is 8.78 Å². The van der Waals surface area contributed by atoms with Gasteiger partial charge in [0.25, 0.3) is 0 Å². The fourth-order valence-electron chi connectivity index (χ4n) is 2.86. The van der Waals surface area contributed by atoms with Crippen LogP contribution in [0.1, 0.15) is 36.1 Å². The summed E-state index contributed by atoms with van der Waals surface area (Å²) < 4.78 is 26.6. The lowest BCUT2D eigenvalue weighted by Gasteiger charge is -2.33. The van der Waals surface area contributed by atoms with Crippen LogP contribution in [0.5, 0.6) is 0 Å². The molecule has 104 valence electrons. The lowest BCUT2D eigenvalue weighted by molar-refractivity contribution is 0.425. The molecule has 0 radical (unpaired) electrons. The largest absolute Gasteiger partial charge is 0.303 e. The summed E-state index contributed by atoms with van der Waals surface area (Å²) in [5, 5.41) is 3.53. The average molecular weight is 273 g/mol. The highest BCUT2D eigenvalue weighted by Crippen LogP contribution is 2.32. The van der Waals surface area contributed by atoms with Crippen molar-refractivity contribution in [2.24, 2.45) is 0 Å². The molecule has 2 unspecified atom stereocenters. The first-order valence-electron chi connectivity index (χ1n) is 6.97. The minimum absolute atomic E-state index is 0.0694. The second kappa shape index (κ2) is 5.33. The van der Waals surface area contributed by atoms with E-state index in [1.165, 1.54) is 23.8 Å². The molecule has 2 atom stereocenters. The van der Waals surface area contributed by atoms with Crippen LogP contribution in [0.15, 0.2) is 42.5 Å². The molecule has 1 aliphatic heterocycles. The molecular formula is C17H17F2N. The van der Waals surface area contributed by atoms with E-state index in [1.807, 2.05) is 6.07 Å². The number of halogens is 2. The number of nitrogens with one attached hydrogen (secondary N) is 1. The van der Waals surface area contributed by atoms with Gasteiger partial charge in [-0.3, -0.25) is 0 Å². The van der Waals surface area contributed by atoms with Crippen LogP contribution in [0.25, 0.3) is 0 Å². The molecule has 3 rings (SSSR count). The number of fused-ring (bicyclic) bond motifs is 1. The van der Waals surface area contributed by atoms with Crippen molar-refractivity contribution in [2.45, 2.75) is 31.8 Å². The van der Waals surface area contributed by atoms with Crippen molar-refractivity contribution in [3.05, 3.63) is 70.8 Å². The molecule has 1 heterocycles. The Bertz CT molecular complexity index is 607. The van der Waals surface area contributed by atoms with Crippen molar-refractivity contribution in [1.82, 2.24) is 5.32 Å². The third-order valence-electron chi connectivity index (χ3n) is 3.98. The van der Waals surface area contributed by atoms with Gasteiger partial charge >= 0.3 is 0 Å². The molecule has 0 aromatic heterocycles. The minimum atomic E-state index is -0.254. The third kappa shape index (κ3) is 2.46. The zero-order valence-electron chi connectivity index (χ0n) is 11.4. The lowest BCUT2D eigenvalue weighted by Crippen LogP contribution is -2.39. The van der Waals surface area contributed by atoms with Gasteiger partial charge in [0, 0.05) is 6.04 Å². The van der Waals surface area contributed by atoms with Gasteiger partial charge in [-0.2, -0.15) is 0 Å². The van der Waals surface area contributed by atoms with Crippen molar-refractivity contribution < 1.29 is 8.78 Å². The maximum absolute atomic E-state index is 13.5. The van der Waals surface area contributed by atoms with E-state index in [-0.39, 0.29) is 17.7 Å². The summed E-state index contributed by atoms with van der Waals surface area (Å²) in [6.07, 6.45) is 1.91. The Hall–Kier alpha value is -1.74. The Kier molecular flexibility index (Phi) is 3.53. The Morgan fingerprint density at radius 2 is 1.75 bits per heavy atom. The SMILES string of the molecule is CCC1Cc2ccc(F)cc2C(c2ccc(F)cc2)N1. The molecule has 0 fully saturated rings. The second-order valence-electron chi connectivity index (χ2n) is 5.30. The summed E-state index contributed by atoms with van der Waals surface area (Å²) in [4.78, 5) is 0. The van der Waals surface area contributed by atoms with Crippen LogP contribution in [0.4, 0.5) is 8.78 Å². The van der Waals surface area contributed by atoms with Crippen molar-refractivity contribution in [2.75, 3.05) is 0 Å². The van der Waals surface area contributed by atoms with E-state index in [0.29, 0.717) is 6.04 Å².